The van der Waals surface area contributed by atoms with Crippen LogP contribution in [-0.4, -0.2) is 37.0 Å². The Bertz CT molecular complexity index is 410. The van der Waals surface area contributed by atoms with Crippen molar-refractivity contribution in [1.82, 2.24) is 4.98 Å². The second-order valence-electron chi connectivity index (χ2n) is 3.17. The van der Waals surface area contributed by atoms with Crippen LogP contribution in [-0.2, 0) is 16.1 Å². The molecule has 9 heteroatoms. The number of carbonyl (C=O) groups excluding carboxylic acids is 1. The topological polar surface area (TPSA) is 48.4 Å². The predicted molar refractivity (Wildman–Crippen MR) is 54.1 cm³/mol. The number of methoxy groups -OCH3 is 1. The Labute approximate surface area is 104 Å². The molecule has 0 saturated heterocycles. The van der Waals surface area contributed by atoms with Gasteiger partial charge >= 0.3 is 18.3 Å². The first-order valence-corrected chi connectivity index (χ1v) is 5.51. The average Bonchev–Trinajstić information content (AvgIpc) is 2.76. The molecule has 1 aromatic heterocycles. The third kappa shape index (κ3) is 3.91. The Morgan fingerprint density at radius 2 is 2.22 bits per heavy atom. The number of nitrogens with zero attached hydrogens (tertiary/aromatic N) is 1. The third-order valence-corrected chi connectivity index (χ3v) is 2.61. The predicted octanol–water partition coefficient (Wildman–Crippen LogP) is 2.35. The summed E-state index contributed by atoms with van der Waals surface area (Å²) in [6, 6.07) is 0. The lowest BCUT2D eigenvalue weighted by atomic mass is 10.4. The molecule has 0 aromatic carbocycles. The molecule has 0 saturated carbocycles. The number of rotatable bonds is 6. The summed E-state index contributed by atoms with van der Waals surface area (Å²) in [5.41, 5.74) is 0.0155. The van der Waals surface area contributed by atoms with Crippen LogP contribution in [0.25, 0.3) is 0 Å². The van der Waals surface area contributed by atoms with E-state index in [2.05, 4.69) is 14.5 Å². The molecule has 0 fully saturated rings. The zero-order chi connectivity index (χ0) is 13.8. The van der Waals surface area contributed by atoms with Gasteiger partial charge in [0.05, 0.1) is 13.7 Å². The van der Waals surface area contributed by atoms with Gasteiger partial charge in [-0.25, -0.2) is 18.6 Å². The van der Waals surface area contributed by atoms with Gasteiger partial charge in [-0.05, 0) is 0 Å². The van der Waals surface area contributed by atoms with Gasteiger partial charge in [-0.1, -0.05) is 0 Å². The number of aromatic nitrogens is 1. The summed E-state index contributed by atoms with van der Waals surface area (Å²) >= 11 is 0.983. The van der Waals surface area contributed by atoms with E-state index in [0.29, 0.717) is 0 Å². The van der Waals surface area contributed by atoms with E-state index in [4.69, 9.17) is 0 Å². The van der Waals surface area contributed by atoms with Gasteiger partial charge in [0, 0.05) is 5.38 Å². The van der Waals surface area contributed by atoms with Gasteiger partial charge in [-0.3, -0.25) is 0 Å². The van der Waals surface area contributed by atoms with Gasteiger partial charge in [0.15, 0.2) is 5.69 Å². The lowest BCUT2D eigenvalue weighted by molar-refractivity contribution is -0.168. The molecule has 0 unspecified atom stereocenters. The average molecular weight is 287 g/mol. The highest BCUT2D eigenvalue weighted by Gasteiger charge is 2.40. The summed E-state index contributed by atoms with van der Waals surface area (Å²) < 4.78 is 57.3. The summed E-state index contributed by atoms with van der Waals surface area (Å²) in [5, 5.41) is 1.58. The number of halogens is 4. The second kappa shape index (κ2) is 6.10. The number of hydrogen-bond acceptors (Lipinski definition) is 5. The van der Waals surface area contributed by atoms with Gasteiger partial charge in [0.2, 0.25) is 0 Å². The standard InChI is InChI=1S/C9H9F4NO3S/c1-16-7(15)5-3-18-6(14-5)2-17-4-9(12,13)8(10)11/h3,8H,2,4H2,1H3. The van der Waals surface area contributed by atoms with E-state index in [9.17, 15) is 22.4 Å². The van der Waals surface area contributed by atoms with Gasteiger partial charge in [-0.2, -0.15) is 8.78 Å². The van der Waals surface area contributed by atoms with Crippen molar-refractivity contribution >= 4 is 17.3 Å². The van der Waals surface area contributed by atoms with Gasteiger partial charge in [0.1, 0.15) is 11.6 Å². The van der Waals surface area contributed by atoms with E-state index < -0.39 is 24.9 Å². The SMILES string of the molecule is COC(=O)c1csc(COCC(F)(F)C(F)F)n1. The minimum absolute atomic E-state index is 0.0155. The van der Waals surface area contributed by atoms with Crippen molar-refractivity contribution < 1.29 is 31.8 Å². The zero-order valence-electron chi connectivity index (χ0n) is 9.16. The lowest BCUT2D eigenvalue weighted by Crippen LogP contribution is -2.32. The number of ether oxygens (including phenoxy) is 2. The summed E-state index contributed by atoms with van der Waals surface area (Å²) in [7, 11) is 1.17. The Morgan fingerprint density at radius 3 is 2.78 bits per heavy atom. The van der Waals surface area contributed by atoms with Gasteiger partial charge < -0.3 is 9.47 Å². The van der Waals surface area contributed by atoms with E-state index in [1.54, 1.807) is 0 Å². The molecule has 0 radical (unpaired) electrons. The van der Waals surface area contributed by atoms with Crippen LogP contribution in [0.15, 0.2) is 5.38 Å². The van der Waals surface area contributed by atoms with Gasteiger partial charge in [0.25, 0.3) is 0 Å². The Hall–Kier alpha value is -1.22. The molecule has 0 atom stereocenters. The fourth-order valence-electron chi connectivity index (χ4n) is 0.913. The van der Waals surface area contributed by atoms with Crippen molar-refractivity contribution in [2.75, 3.05) is 13.7 Å². The van der Waals surface area contributed by atoms with Crippen molar-refractivity contribution in [3.63, 3.8) is 0 Å². The highest BCUT2D eigenvalue weighted by Crippen LogP contribution is 2.23. The fourth-order valence-corrected chi connectivity index (χ4v) is 1.61. The summed E-state index contributed by atoms with van der Waals surface area (Å²) in [6.45, 7) is -1.78. The van der Waals surface area contributed by atoms with Crippen LogP contribution >= 0.6 is 11.3 Å². The number of thiazole rings is 1. The first kappa shape index (κ1) is 14.8. The second-order valence-corrected chi connectivity index (χ2v) is 4.12. The van der Waals surface area contributed by atoms with E-state index in [0.717, 1.165) is 11.3 Å². The first-order valence-electron chi connectivity index (χ1n) is 4.63. The van der Waals surface area contributed by atoms with E-state index >= 15 is 0 Å². The molecule has 1 rings (SSSR count). The summed E-state index contributed by atoms with van der Waals surface area (Å²) in [5.74, 6) is -4.86. The van der Waals surface area contributed by atoms with Crippen LogP contribution in [0.5, 0.6) is 0 Å². The minimum Gasteiger partial charge on any atom is -0.464 e. The highest BCUT2D eigenvalue weighted by atomic mass is 32.1. The van der Waals surface area contributed by atoms with Crippen molar-refractivity contribution in [3.05, 3.63) is 16.1 Å². The smallest absolute Gasteiger partial charge is 0.357 e. The van der Waals surface area contributed by atoms with E-state index in [-0.39, 0.29) is 17.3 Å². The van der Waals surface area contributed by atoms with Crippen molar-refractivity contribution in [1.29, 1.82) is 0 Å². The number of esters is 1. The maximum absolute atomic E-state index is 12.5. The van der Waals surface area contributed by atoms with Crippen LogP contribution in [0.3, 0.4) is 0 Å². The normalized spacial score (nSPS) is 11.9. The molecule has 1 heterocycles. The van der Waals surface area contributed by atoms with Crippen LogP contribution in [0.1, 0.15) is 15.5 Å². The quantitative estimate of drug-likeness (QED) is 0.595. The van der Waals surface area contributed by atoms with Crippen LogP contribution < -0.4 is 0 Å². The molecule has 0 aliphatic heterocycles. The molecule has 0 aliphatic rings. The monoisotopic (exact) mass is 287 g/mol. The first-order chi connectivity index (χ1) is 8.36. The molecule has 0 bridgehead atoms. The molecule has 0 N–H and O–H groups in total. The molecule has 0 spiro atoms. The fraction of sp³-hybridized carbons (Fsp3) is 0.556. The number of hydrogen-bond donors (Lipinski definition) is 0. The Kier molecular flexibility index (Phi) is 5.03. The van der Waals surface area contributed by atoms with Gasteiger partial charge in [-0.15, -0.1) is 11.3 Å². The molecule has 102 valence electrons. The van der Waals surface area contributed by atoms with Crippen LogP contribution in [0, 0.1) is 0 Å². The lowest BCUT2D eigenvalue weighted by Gasteiger charge is -2.14. The maximum atomic E-state index is 12.5. The van der Waals surface area contributed by atoms with E-state index in [1.807, 2.05) is 0 Å². The summed E-state index contributed by atoms with van der Waals surface area (Å²) in [6.07, 6.45) is -3.78. The third-order valence-electron chi connectivity index (χ3n) is 1.79. The zero-order valence-corrected chi connectivity index (χ0v) is 9.98. The van der Waals surface area contributed by atoms with Crippen molar-refractivity contribution in [2.45, 2.75) is 19.0 Å². The largest absolute Gasteiger partial charge is 0.464 e. The number of alkyl halides is 4. The number of carbonyl (C=O) groups is 1. The van der Waals surface area contributed by atoms with Crippen LogP contribution in [0.2, 0.25) is 0 Å². The molecule has 18 heavy (non-hydrogen) atoms. The Morgan fingerprint density at radius 1 is 1.56 bits per heavy atom. The van der Waals surface area contributed by atoms with Crippen molar-refractivity contribution in [3.8, 4) is 0 Å². The van der Waals surface area contributed by atoms with Crippen LogP contribution in [0.4, 0.5) is 17.6 Å². The molecule has 4 nitrogen and oxygen atoms in total. The van der Waals surface area contributed by atoms with E-state index in [1.165, 1.54) is 12.5 Å². The molecule has 0 amide bonds. The molecular weight excluding hydrogens is 278 g/mol. The molecule has 1 aromatic rings. The molecular formula is C9H9F4NO3S. The highest BCUT2D eigenvalue weighted by molar-refractivity contribution is 7.09. The minimum atomic E-state index is -4.19. The Balaban J connectivity index is 2.45. The molecule has 0 aliphatic carbocycles. The van der Waals surface area contributed by atoms with Crippen molar-refractivity contribution in [2.24, 2.45) is 0 Å². The maximum Gasteiger partial charge on any atom is 0.357 e. The summed E-state index contributed by atoms with van der Waals surface area (Å²) in [4.78, 5) is 14.7.